The molecule has 0 amide bonds. The van der Waals surface area contributed by atoms with Crippen LogP contribution >= 0.6 is 0 Å². The van der Waals surface area contributed by atoms with Gasteiger partial charge in [0.1, 0.15) is 25.6 Å². The highest BCUT2D eigenvalue weighted by Gasteiger charge is 2.23. The zero-order valence-corrected chi connectivity index (χ0v) is 15.6. The molecule has 2 aliphatic rings. The van der Waals surface area contributed by atoms with E-state index in [1.165, 1.54) is 5.56 Å². The molecule has 0 unspecified atom stereocenters. The number of hydrogen-bond acceptors (Lipinski definition) is 5. The molecule has 0 saturated carbocycles. The monoisotopic (exact) mass is 377 g/mol. The molecule has 6 nitrogen and oxygen atoms in total. The number of aromatic nitrogens is 2. The standard InChI is InChI=1S/C22H23N3O3/c1-2-4-16(5-3-1)11-23-12-18-14-25-19(13-24-22(25)15-28-18)17-6-7-20-21(10-17)27-9-8-26-20/h1-7,10,13,18,23H,8-9,11-12,14-15H2/t18-/m0/s1. The molecule has 144 valence electrons. The molecule has 28 heavy (non-hydrogen) atoms. The first-order valence-corrected chi connectivity index (χ1v) is 9.67. The Morgan fingerprint density at radius 1 is 1.04 bits per heavy atom. The molecule has 1 aromatic heterocycles. The van der Waals surface area contributed by atoms with E-state index < -0.39 is 0 Å². The molecule has 1 N–H and O–H groups in total. The molecule has 0 aliphatic carbocycles. The van der Waals surface area contributed by atoms with E-state index in [4.69, 9.17) is 14.2 Å². The molecule has 0 bridgehead atoms. The summed E-state index contributed by atoms with van der Waals surface area (Å²) >= 11 is 0. The molecule has 0 saturated heterocycles. The first-order chi connectivity index (χ1) is 13.9. The maximum Gasteiger partial charge on any atom is 0.162 e. The van der Waals surface area contributed by atoms with E-state index in [1.807, 2.05) is 24.4 Å². The minimum atomic E-state index is 0.112. The average Bonchev–Trinajstić information content (AvgIpc) is 3.17. The molecule has 0 radical (unpaired) electrons. The summed E-state index contributed by atoms with van der Waals surface area (Å²) in [6.07, 6.45) is 2.03. The lowest BCUT2D eigenvalue weighted by molar-refractivity contribution is 0.00326. The van der Waals surface area contributed by atoms with E-state index in [9.17, 15) is 0 Å². The molecular formula is C22H23N3O3. The van der Waals surface area contributed by atoms with Gasteiger partial charge in [0.25, 0.3) is 0 Å². The van der Waals surface area contributed by atoms with Crippen molar-refractivity contribution in [1.82, 2.24) is 14.9 Å². The van der Waals surface area contributed by atoms with Crippen molar-refractivity contribution in [2.45, 2.75) is 25.8 Å². The van der Waals surface area contributed by atoms with Crippen LogP contribution < -0.4 is 14.8 Å². The van der Waals surface area contributed by atoms with E-state index >= 15 is 0 Å². The lowest BCUT2D eigenvalue weighted by Gasteiger charge is -2.26. The average molecular weight is 377 g/mol. The van der Waals surface area contributed by atoms with Crippen LogP contribution in [0.2, 0.25) is 0 Å². The van der Waals surface area contributed by atoms with E-state index in [-0.39, 0.29) is 6.10 Å². The molecule has 2 aromatic carbocycles. The molecule has 6 heteroatoms. The van der Waals surface area contributed by atoms with Crippen molar-refractivity contribution in [3.8, 4) is 22.8 Å². The van der Waals surface area contributed by atoms with Crippen LogP contribution in [0, 0.1) is 0 Å². The van der Waals surface area contributed by atoms with Crippen LogP contribution in [0.3, 0.4) is 0 Å². The normalized spacial score (nSPS) is 17.9. The summed E-state index contributed by atoms with van der Waals surface area (Å²) in [7, 11) is 0. The summed E-state index contributed by atoms with van der Waals surface area (Å²) in [6, 6.07) is 16.5. The Bertz CT molecular complexity index is 955. The SMILES string of the molecule is c1ccc(CNC[C@H]2Cn3c(-c4ccc5c(c4)OCCO5)cnc3CO2)cc1. The van der Waals surface area contributed by atoms with Gasteiger partial charge in [-0.05, 0) is 23.8 Å². The zero-order valence-electron chi connectivity index (χ0n) is 15.6. The number of rotatable bonds is 5. The number of hydrogen-bond donors (Lipinski definition) is 1. The minimum absolute atomic E-state index is 0.112. The first-order valence-electron chi connectivity index (χ1n) is 9.67. The van der Waals surface area contributed by atoms with Crippen molar-refractivity contribution in [2.75, 3.05) is 19.8 Å². The number of nitrogens with one attached hydrogen (secondary N) is 1. The van der Waals surface area contributed by atoms with Crippen molar-refractivity contribution in [1.29, 1.82) is 0 Å². The summed E-state index contributed by atoms with van der Waals surface area (Å²) in [5, 5.41) is 3.50. The Balaban J connectivity index is 1.29. The third-order valence-electron chi connectivity index (χ3n) is 5.15. The quantitative estimate of drug-likeness (QED) is 0.741. The largest absolute Gasteiger partial charge is 0.486 e. The fourth-order valence-corrected chi connectivity index (χ4v) is 3.71. The highest BCUT2D eigenvalue weighted by molar-refractivity contribution is 5.64. The second kappa shape index (κ2) is 7.66. The number of fused-ring (bicyclic) bond motifs is 2. The first kappa shape index (κ1) is 17.3. The van der Waals surface area contributed by atoms with Gasteiger partial charge in [-0.1, -0.05) is 30.3 Å². The molecule has 5 rings (SSSR count). The number of imidazole rings is 1. The summed E-state index contributed by atoms with van der Waals surface area (Å²) in [4.78, 5) is 4.55. The van der Waals surface area contributed by atoms with Crippen LogP contribution in [0.5, 0.6) is 11.5 Å². The fourth-order valence-electron chi connectivity index (χ4n) is 3.71. The number of ether oxygens (including phenoxy) is 3. The molecule has 0 fully saturated rings. The zero-order chi connectivity index (χ0) is 18.8. The predicted molar refractivity (Wildman–Crippen MR) is 105 cm³/mol. The van der Waals surface area contributed by atoms with Crippen LogP contribution in [0.4, 0.5) is 0 Å². The molecule has 1 atom stereocenters. The summed E-state index contributed by atoms with van der Waals surface area (Å²) in [6.45, 7) is 4.14. The Hall–Kier alpha value is -2.83. The molecular weight excluding hydrogens is 354 g/mol. The summed E-state index contributed by atoms with van der Waals surface area (Å²) < 4.78 is 19.6. The topological polar surface area (TPSA) is 57.5 Å². The van der Waals surface area contributed by atoms with Gasteiger partial charge in [-0.25, -0.2) is 4.98 Å². The van der Waals surface area contributed by atoms with Crippen molar-refractivity contribution in [3.63, 3.8) is 0 Å². The summed E-state index contributed by atoms with van der Waals surface area (Å²) in [5.41, 5.74) is 3.45. The minimum Gasteiger partial charge on any atom is -0.486 e. The fraction of sp³-hybridized carbons (Fsp3) is 0.318. The second-order valence-electron chi connectivity index (χ2n) is 7.08. The van der Waals surface area contributed by atoms with Crippen LogP contribution in [0.1, 0.15) is 11.4 Å². The predicted octanol–water partition coefficient (Wildman–Crippen LogP) is 3.01. The van der Waals surface area contributed by atoms with Gasteiger partial charge in [-0.2, -0.15) is 0 Å². The third-order valence-corrected chi connectivity index (χ3v) is 5.15. The van der Waals surface area contributed by atoms with Gasteiger partial charge < -0.3 is 24.1 Å². The van der Waals surface area contributed by atoms with Crippen molar-refractivity contribution in [2.24, 2.45) is 0 Å². The second-order valence-corrected chi connectivity index (χ2v) is 7.08. The Morgan fingerprint density at radius 2 is 1.89 bits per heavy atom. The van der Waals surface area contributed by atoms with E-state index in [0.29, 0.717) is 19.8 Å². The van der Waals surface area contributed by atoms with Crippen LogP contribution in [-0.4, -0.2) is 35.4 Å². The van der Waals surface area contributed by atoms with Crippen LogP contribution in [0.15, 0.2) is 54.7 Å². The van der Waals surface area contributed by atoms with Crippen LogP contribution in [-0.2, 0) is 24.4 Å². The van der Waals surface area contributed by atoms with Crippen molar-refractivity contribution in [3.05, 3.63) is 66.1 Å². The van der Waals surface area contributed by atoms with Gasteiger partial charge >= 0.3 is 0 Å². The molecule has 2 aliphatic heterocycles. The maximum absolute atomic E-state index is 5.99. The Kier molecular flexibility index (Phi) is 4.72. The number of benzene rings is 2. The van der Waals surface area contributed by atoms with E-state index in [2.05, 4.69) is 45.2 Å². The van der Waals surface area contributed by atoms with Crippen LogP contribution in [0.25, 0.3) is 11.3 Å². The maximum atomic E-state index is 5.99. The highest BCUT2D eigenvalue weighted by Crippen LogP contribution is 2.35. The van der Waals surface area contributed by atoms with Crippen molar-refractivity contribution < 1.29 is 14.2 Å². The van der Waals surface area contributed by atoms with Crippen molar-refractivity contribution >= 4 is 0 Å². The van der Waals surface area contributed by atoms with Gasteiger partial charge in [-0.3, -0.25) is 0 Å². The third kappa shape index (κ3) is 3.48. The van der Waals surface area contributed by atoms with E-state index in [1.54, 1.807) is 0 Å². The lowest BCUT2D eigenvalue weighted by atomic mass is 10.1. The highest BCUT2D eigenvalue weighted by atomic mass is 16.6. The molecule has 3 heterocycles. The molecule has 0 spiro atoms. The van der Waals surface area contributed by atoms with Gasteiger partial charge in [-0.15, -0.1) is 0 Å². The summed E-state index contributed by atoms with van der Waals surface area (Å²) in [5.74, 6) is 2.57. The van der Waals surface area contributed by atoms with Gasteiger partial charge in [0.05, 0.1) is 24.5 Å². The van der Waals surface area contributed by atoms with E-state index in [0.717, 1.165) is 48.2 Å². The Labute approximate surface area is 164 Å². The number of nitrogens with zero attached hydrogens (tertiary/aromatic N) is 2. The Morgan fingerprint density at radius 3 is 2.79 bits per heavy atom. The van der Waals surface area contributed by atoms with Gasteiger partial charge in [0.2, 0.25) is 0 Å². The smallest absolute Gasteiger partial charge is 0.162 e. The molecule has 3 aromatic rings. The van der Waals surface area contributed by atoms with Gasteiger partial charge in [0.15, 0.2) is 11.5 Å². The lowest BCUT2D eigenvalue weighted by Crippen LogP contribution is -2.36. The van der Waals surface area contributed by atoms with Gasteiger partial charge in [0, 0.05) is 18.7 Å².